The molecule has 0 aliphatic heterocycles. The molecule has 0 N–H and O–H groups in total. The van der Waals surface area contributed by atoms with Crippen molar-refractivity contribution in [1.29, 1.82) is 0 Å². The summed E-state index contributed by atoms with van der Waals surface area (Å²) in [7, 11) is 1.44. The summed E-state index contributed by atoms with van der Waals surface area (Å²) >= 11 is 5.74. The number of rotatable bonds is 4. The minimum atomic E-state index is -0.363. The molecule has 3 nitrogen and oxygen atoms in total. The Hall–Kier alpha value is -1.55. The summed E-state index contributed by atoms with van der Waals surface area (Å²) < 4.78 is 20.2. The Bertz CT molecular complexity index is 513. The van der Waals surface area contributed by atoms with Gasteiger partial charge in [0.05, 0.1) is 13.0 Å². The molecule has 17 heavy (non-hydrogen) atoms. The standard InChI is InChI=1S/C12H12ClFN2O/c1-17-11-3-2-9(6-10(11)14)8-16-5-4-15-12(16)7-13/h2-6H,7-8H2,1H3. The molecular formula is C12H12ClFN2O. The first-order valence-corrected chi connectivity index (χ1v) is 5.66. The number of hydrogen-bond donors (Lipinski definition) is 0. The second-order valence-corrected chi connectivity index (χ2v) is 3.84. The molecule has 0 aliphatic rings. The average Bonchev–Trinajstić information content (AvgIpc) is 2.76. The fourth-order valence-electron chi connectivity index (χ4n) is 1.62. The lowest BCUT2D eigenvalue weighted by Crippen LogP contribution is -2.03. The van der Waals surface area contributed by atoms with Crippen molar-refractivity contribution in [1.82, 2.24) is 9.55 Å². The Morgan fingerprint density at radius 1 is 1.47 bits per heavy atom. The molecule has 0 atom stereocenters. The van der Waals surface area contributed by atoms with Gasteiger partial charge in [-0.05, 0) is 17.7 Å². The van der Waals surface area contributed by atoms with Gasteiger partial charge in [-0.25, -0.2) is 9.37 Å². The summed E-state index contributed by atoms with van der Waals surface area (Å²) in [5, 5.41) is 0. The molecule has 0 fully saturated rings. The van der Waals surface area contributed by atoms with E-state index in [0.29, 0.717) is 12.4 Å². The van der Waals surface area contributed by atoms with Gasteiger partial charge in [-0.3, -0.25) is 0 Å². The van der Waals surface area contributed by atoms with Crippen molar-refractivity contribution < 1.29 is 9.13 Å². The van der Waals surface area contributed by atoms with Gasteiger partial charge in [0.25, 0.3) is 0 Å². The van der Waals surface area contributed by atoms with Crippen LogP contribution < -0.4 is 4.74 Å². The van der Waals surface area contributed by atoms with Crippen LogP contribution in [0.2, 0.25) is 0 Å². The van der Waals surface area contributed by atoms with Crippen LogP contribution in [0.25, 0.3) is 0 Å². The lowest BCUT2D eigenvalue weighted by atomic mass is 10.2. The van der Waals surface area contributed by atoms with Crippen LogP contribution in [0.1, 0.15) is 11.4 Å². The van der Waals surface area contributed by atoms with Crippen molar-refractivity contribution in [3.63, 3.8) is 0 Å². The molecule has 1 heterocycles. The van der Waals surface area contributed by atoms with E-state index in [9.17, 15) is 4.39 Å². The van der Waals surface area contributed by atoms with Crippen molar-refractivity contribution in [2.24, 2.45) is 0 Å². The smallest absolute Gasteiger partial charge is 0.165 e. The van der Waals surface area contributed by atoms with Gasteiger partial charge in [-0.2, -0.15) is 0 Å². The fourth-order valence-corrected chi connectivity index (χ4v) is 1.84. The molecule has 2 rings (SSSR count). The maximum Gasteiger partial charge on any atom is 0.165 e. The quantitative estimate of drug-likeness (QED) is 0.785. The number of methoxy groups -OCH3 is 1. The molecule has 5 heteroatoms. The number of benzene rings is 1. The summed E-state index contributed by atoms with van der Waals surface area (Å²) in [6, 6.07) is 4.89. The molecule has 0 unspecified atom stereocenters. The molecule has 90 valence electrons. The number of imidazole rings is 1. The Kier molecular flexibility index (Phi) is 3.64. The van der Waals surface area contributed by atoms with Crippen LogP contribution in [0.15, 0.2) is 30.6 Å². The van der Waals surface area contributed by atoms with Crippen LogP contribution >= 0.6 is 11.6 Å². The fraction of sp³-hybridized carbons (Fsp3) is 0.250. The lowest BCUT2D eigenvalue weighted by Gasteiger charge is -2.08. The van der Waals surface area contributed by atoms with Gasteiger partial charge in [0.1, 0.15) is 5.82 Å². The Labute approximate surface area is 104 Å². The number of ether oxygens (including phenoxy) is 1. The molecule has 0 saturated heterocycles. The summed E-state index contributed by atoms with van der Waals surface area (Å²) in [6.07, 6.45) is 3.50. The van der Waals surface area contributed by atoms with Gasteiger partial charge in [-0.15, -0.1) is 11.6 Å². The maximum absolute atomic E-state index is 13.5. The van der Waals surface area contributed by atoms with E-state index in [1.165, 1.54) is 13.2 Å². The molecule has 0 bridgehead atoms. The molecule has 0 spiro atoms. The van der Waals surface area contributed by atoms with E-state index >= 15 is 0 Å². The van der Waals surface area contributed by atoms with Crippen LogP contribution in [0.3, 0.4) is 0 Å². The zero-order valence-electron chi connectivity index (χ0n) is 9.36. The first kappa shape index (κ1) is 11.9. The monoisotopic (exact) mass is 254 g/mol. The van der Waals surface area contributed by atoms with Crippen molar-refractivity contribution in [2.75, 3.05) is 7.11 Å². The Morgan fingerprint density at radius 2 is 2.29 bits per heavy atom. The van der Waals surface area contributed by atoms with Crippen LogP contribution in [0.4, 0.5) is 4.39 Å². The third kappa shape index (κ3) is 2.58. The van der Waals surface area contributed by atoms with Gasteiger partial charge >= 0.3 is 0 Å². The van der Waals surface area contributed by atoms with E-state index in [1.807, 2.05) is 16.8 Å². The third-order valence-corrected chi connectivity index (χ3v) is 2.73. The van der Waals surface area contributed by atoms with Crippen LogP contribution in [0, 0.1) is 5.82 Å². The van der Waals surface area contributed by atoms with Crippen LogP contribution in [-0.2, 0) is 12.4 Å². The van der Waals surface area contributed by atoms with Gasteiger partial charge < -0.3 is 9.30 Å². The normalized spacial score (nSPS) is 10.5. The first-order chi connectivity index (χ1) is 8.24. The number of alkyl halides is 1. The molecule has 0 aliphatic carbocycles. The number of nitrogens with zero attached hydrogens (tertiary/aromatic N) is 2. The van der Waals surface area contributed by atoms with E-state index in [-0.39, 0.29) is 11.6 Å². The molecule has 1 aromatic heterocycles. The number of halogens is 2. The van der Waals surface area contributed by atoms with Gasteiger partial charge in [0.15, 0.2) is 11.6 Å². The predicted octanol–water partition coefficient (Wildman–Crippen LogP) is 2.82. The van der Waals surface area contributed by atoms with Gasteiger partial charge in [0.2, 0.25) is 0 Å². The van der Waals surface area contributed by atoms with Gasteiger partial charge in [-0.1, -0.05) is 6.07 Å². The molecule has 0 radical (unpaired) electrons. The molecular weight excluding hydrogens is 243 g/mol. The van der Waals surface area contributed by atoms with Crippen molar-refractivity contribution in [3.05, 3.63) is 47.8 Å². The topological polar surface area (TPSA) is 27.1 Å². The molecule has 1 aromatic carbocycles. The van der Waals surface area contributed by atoms with E-state index in [2.05, 4.69) is 4.98 Å². The van der Waals surface area contributed by atoms with E-state index < -0.39 is 0 Å². The van der Waals surface area contributed by atoms with Crippen LogP contribution in [-0.4, -0.2) is 16.7 Å². The average molecular weight is 255 g/mol. The van der Waals surface area contributed by atoms with Gasteiger partial charge in [0, 0.05) is 18.9 Å². The first-order valence-electron chi connectivity index (χ1n) is 5.13. The predicted molar refractivity (Wildman–Crippen MR) is 63.8 cm³/mol. The third-order valence-electron chi connectivity index (χ3n) is 2.49. The van der Waals surface area contributed by atoms with Crippen LogP contribution in [0.5, 0.6) is 5.75 Å². The highest BCUT2D eigenvalue weighted by Gasteiger charge is 2.06. The Morgan fingerprint density at radius 3 is 2.94 bits per heavy atom. The summed E-state index contributed by atoms with van der Waals surface area (Å²) in [6.45, 7) is 0.545. The molecule has 0 amide bonds. The summed E-state index contributed by atoms with van der Waals surface area (Å²) in [4.78, 5) is 4.10. The van der Waals surface area contributed by atoms with Crippen molar-refractivity contribution in [3.8, 4) is 5.75 Å². The minimum Gasteiger partial charge on any atom is -0.494 e. The lowest BCUT2D eigenvalue weighted by molar-refractivity contribution is 0.386. The highest BCUT2D eigenvalue weighted by molar-refractivity contribution is 6.16. The number of hydrogen-bond acceptors (Lipinski definition) is 2. The molecule has 2 aromatic rings. The number of aromatic nitrogens is 2. The Balaban J connectivity index is 2.22. The summed E-state index contributed by atoms with van der Waals surface area (Å²) in [5.41, 5.74) is 0.840. The highest BCUT2D eigenvalue weighted by Crippen LogP contribution is 2.18. The summed E-state index contributed by atoms with van der Waals surface area (Å²) in [5.74, 6) is 0.989. The second-order valence-electron chi connectivity index (χ2n) is 3.57. The highest BCUT2D eigenvalue weighted by atomic mass is 35.5. The van der Waals surface area contributed by atoms with E-state index in [4.69, 9.17) is 16.3 Å². The van der Waals surface area contributed by atoms with Crippen molar-refractivity contribution in [2.45, 2.75) is 12.4 Å². The zero-order valence-corrected chi connectivity index (χ0v) is 10.1. The molecule has 0 saturated carbocycles. The largest absolute Gasteiger partial charge is 0.494 e. The van der Waals surface area contributed by atoms with E-state index in [1.54, 1.807) is 12.3 Å². The second kappa shape index (κ2) is 5.19. The van der Waals surface area contributed by atoms with Crippen molar-refractivity contribution >= 4 is 11.6 Å². The minimum absolute atomic E-state index is 0.247. The zero-order chi connectivity index (χ0) is 12.3. The SMILES string of the molecule is COc1ccc(Cn2ccnc2CCl)cc1F. The maximum atomic E-state index is 13.5. The van der Waals surface area contributed by atoms with E-state index in [0.717, 1.165) is 11.4 Å².